The lowest BCUT2D eigenvalue weighted by Crippen LogP contribution is -2.03. The van der Waals surface area contributed by atoms with Gasteiger partial charge in [-0.3, -0.25) is 0 Å². The molecule has 0 nitrogen and oxygen atoms in total. The fraction of sp³-hybridized carbons (Fsp3) is 0.360. The summed E-state index contributed by atoms with van der Waals surface area (Å²) in [4.78, 5) is 0. The second kappa shape index (κ2) is 13.1. The molecule has 0 heteroatoms. The maximum atomic E-state index is 5.34. The first-order valence-electron chi connectivity index (χ1n) is 9.38. The average molecular weight is 335 g/mol. The Labute approximate surface area is 156 Å². The Kier molecular flexibility index (Phi) is 11.9. The van der Waals surface area contributed by atoms with Crippen LogP contribution in [0.5, 0.6) is 0 Å². The molecule has 0 saturated heterocycles. The number of rotatable bonds is 5. The smallest absolute Gasteiger partial charge is 0.0337 e. The molecular weight excluding hydrogens is 300 g/mol. The zero-order valence-electron chi connectivity index (χ0n) is 16.9. The quantitative estimate of drug-likeness (QED) is 0.511. The molecule has 1 unspecified atom stereocenters. The van der Waals surface area contributed by atoms with Gasteiger partial charge in [0.05, 0.1) is 0 Å². The van der Waals surface area contributed by atoms with Crippen LogP contribution in [0.4, 0.5) is 0 Å². The van der Waals surface area contributed by atoms with E-state index in [0.29, 0.717) is 12.3 Å². The molecule has 2 rings (SSSR count). The van der Waals surface area contributed by atoms with Crippen LogP contribution in [-0.2, 0) is 12.8 Å². The fourth-order valence-corrected chi connectivity index (χ4v) is 2.59. The summed E-state index contributed by atoms with van der Waals surface area (Å²) in [5.41, 5.74) is 6.30. The normalized spacial score (nSPS) is 10.3. The fourth-order valence-electron chi connectivity index (χ4n) is 2.59. The van der Waals surface area contributed by atoms with Gasteiger partial charge in [0, 0.05) is 6.42 Å². The summed E-state index contributed by atoms with van der Waals surface area (Å²) < 4.78 is 0. The van der Waals surface area contributed by atoms with Crippen molar-refractivity contribution in [2.45, 2.75) is 54.4 Å². The van der Waals surface area contributed by atoms with Gasteiger partial charge in [0.25, 0.3) is 0 Å². The van der Waals surface area contributed by atoms with E-state index in [1.807, 2.05) is 27.7 Å². The van der Waals surface area contributed by atoms with Gasteiger partial charge in [0.15, 0.2) is 0 Å². The van der Waals surface area contributed by atoms with Gasteiger partial charge < -0.3 is 0 Å². The van der Waals surface area contributed by atoms with Crippen LogP contribution < -0.4 is 0 Å². The van der Waals surface area contributed by atoms with Crippen LogP contribution in [0.25, 0.3) is 5.57 Å². The molecule has 0 bridgehead atoms. The molecule has 0 heterocycles. The molecule has 0 amide bonds. The summed E-state index contributed by atoms with van der Waals surface area (Å²) in [5, 5.41) is 0. The number of hydrogen-bond acceptors (Lipinski definition) is 0. The van der Waals surface area contributed by atoms with E-state index in [9.17, 15) is 0 Å². The highest BCUT2D eigenvalue weighted by molar-refractivity contribution is 5.67. The van der Waals surface area contributed by atoms with Crippen LogP contribution in [-0.4, -0.2) is 0 Å². The molecule has 0 saturated carbocycles. The monoisotopic (exact) mass is 334 g/mol. The van der Waals surface area contributed by atoms with E-state index in [4.69, 9.17) is 6.42 Å². The lowest BCUT2D eigenvalue weighted by Gasteiger charge is -2.17. The zero-order chi connectivity index (χ0) is 19.2. The van der Waals surface area contributed by atoms with Gasteiger partial charge in [0.1, 0.15) is 0 Å². The Bertz CT molecular complexity index is 653. The Morgan fingerprint density at radius 2 is 1.48 bits per heavy atom. The van der Waals surface area contributed by atoms with Crippen molar-refractivity contribution in [2.24, 2.45) is 5.92 Å². The van der Waals surface area contributed by atoms with Gasteiger partial charge in [-0.25, -0.2) is 0 Å². The van der Waals surface area contributed by atoms with E-state index >= 15 is 0 Å². The second-order valence-electron chi connectivity index (χ2n) is 5.64. The predicted octanol–water partition coefficient (Wildman–Crippen LogP) is 7.12. The maximum absolute atomic E-state index is 5.34. The predicted molar refractivity (Wildman–Crippen MR) is 115 cm³/mol. The molecule has 0 aliphatic carbocycles. The van der Waals surface area contributed by atoms with Gasteiger partial charge in [-0.05, 0) is 47.1 Å². The molecule has 2 aromatic carbocycles. The molecule has 0 aromatic heterocycles. The molecule has 0 N–H and O–H groups in total. The number of terminal acetylenes is 1. The minimum Gasteiger partial charge on any atom is -0.120 e. The first-order valence-corrected chi connectivity index (χ1v) is 9.38. The highest BCUT2D eigenvalue weighted by Gasteiger charge is 2.11. The molecule has 0 fully saturated rings. The molecular formula is C25H34. The maximum Gasteiger partial charge on any atom is 0.0337 e. The van der Waals surface area contributed by atoms with Crippen molar-refractivity contribution in [3.63, 3.8) is 0 Å². The Balaban J connectivity index is 0.00000134. The minimum atomic E-state index is 0.421. The van der Waals surface area contributed by atoms with E-state index in [-0.39, 0.29) is 0 Å². The molecule has 0 spiro atoms. The Hall–Kier alpha value is -2.26. The molecule has 0 aliphatic rings. The SMILES string of the molecule is C#CCc1ccc(CC(C)C(=C)c2ccccc2C)cc1.CC.CC. The van der Waals surface area contributed by atoms with Crippen LogP contribution in [0.2, 0.25) is 0 Å². The topological polar surface area (TPSA) is 0 Å². The molecule has 0 aliphatic heterocycles. The molecule has 0 radical (unpaired) electrons. The van der Waals surface area contributed by atoms with E-state index in [0.717, 1.165) is 6.42 Å². The number of benzene rings is 2. The van der Waals surface area contributed by atoms with Crippen molar-refractivity contribution in [3.8, 4) is 12.3 Å². The van der Waals surface area contributed by atoms with Crippen LogP contribution in [0.3, 0.4) is 0 Å². The highest BCUT2D eigenvalue weighted by Crippen LogP contribution is 2.27. The summed E-state index contributed by atoms with van der Waals surface area (Å²) in [6.07, 6.45) is 7.04. The lowest BCUT2D eigenvalue weighted by molar-refractivity contribution is 0.744. The molecule has 25 heavy (non-hydrogen) atoms. The van der Waals surface area contributed by atoms with Crippen LogP contribution >= 0.6 is 0 Å². The van der Waals surface area contributed by atoms with Crippen LogP contribution in [0.15, 0.2) is 55.1 Å². The van der Waals surface area contributed by atoms with E-state index in [1.54, 1.807) is 0 Å². The first-order chi connectivity index (χ1) is 12.1. The zero-order valence-corrected chi connectivity index (χ0v) is 16.9. The van der Waals surface area contributed by atoms with Gasteiger partial charge in [0.2, 0.25) is 0 Å². The number of aryl methyl sites for hydroxylation is 1. The van der Waals surface area contributed by atoms with E-state index in [2.05, 4.69) is 74.9 Å². The van der Waals surface area contributed by atoms with Crippen molar-refractivity contribution in [2.75, 3.05) is 0 Å². The van der Waals surface area contributed by atoms with Crippen molar-refractivity contribution < 1.29 is 0 Å². The van der Waals surface area contributed by atoms with Crippen molar-refractivity contribution in [3.05, 3.63) is 77.4 Å². The minimum absolute atomic E-state index is 0.421. The lowest BCUT2D eigenvalue weighted by atomic mass is 9.88. The van der Waals surface area contributed by atoms with Crippen molar-refractivity contribution >= 4 is 5.57 Å². The molecule has 2 aromatic rings. The largest absolute Gasteiger partial charge is 0.120 e. The highest BCUT2D eigenvalue weighted by atomic mass is 14.2. The number of hydrogen-bond donors (Lipinski definition) is 0. The second-order valence-corrected chi connectivity index (χ2v) is 5.64. The Morgan fingerprint density at radius 3 is 2.00 bits per heavy atom. The summed E-state index contributed by atoms with van der Waals surface area (Å²) in [5.74, 6) is 3.10. The van der Waals surface area contributed by atoms with Crippen molar-refractivity contribution in [1.29, 1.82) is 0 Å². The van der Waals surface area contributed by atoms with Crippen LogP contribution in [0.1, 0.15) is 56.9 Å². The summed E-state index contributed by atoms with van der Waals surface area (Å²) in [7, 11) is 0. The van der Waals surface area contributed by atoms with E-state index in [1.165, 1.54) is 27.8 Å². The third-order valence-corrected chi connectivity index (χ3v) is 3.96. The third-order valence-electron chi connectivity index (χ3n) is 3.96. The molecule has 1 atom stereocenters. The average Bonchev–Trinajstić information content (AvgIpc) is 2.66. The van der Waals surface area contributed by atoms with Crippen molar-refractivity contribution in [1.82, 2.24) is 0 Å². The van der Waals surface area contributed by atoms with Gasteiger partial charge in [-0.1, -0.05) is 89.7 Å². The summed E-state index contributed by atoms with van der Waals surface area (Å²) in [6.45, 7) is 16.7. The Morgan fingerprint density at radius 1 is 0.960 bits per heavy atom. The van der Waals surface area contributed by atoms with Gasteiger partial charge in [-0.15, -0.1) is 12.3 Å². The number of allylic oxidation sites excluding steroid dienone is 1. The standard InChI is InChI=1S/C21H22.2C2H6/c1-5-8-19-11-13-20(14-12-19)15-17(3)18(4)21-10-7-6-9-16(21)2;2*1-2/h1,6-7,9-14,17H,4,8,15H2,2-3H3;2*1-2H3. The van der Waals surface area contributed by atoms with E-state index < -0.39 is 0 Å². The van der Waals surface area contributed by atoms with Crippen LogP contribution in [0, 0.1) is 25.2 Å². The molecule has 134 valence electrons. The third kappa shape index (κ3) is 7.44. The summed E-state index contributed by atoms with van der Waals surface area (Å²) in [6, 6.07) is 17.0. The van der Waals surface area contributed by atoms with Gasteiger partial charge >= 0.3 is 0 Å². The van der Waals surface area contributed by atoms with Gasteiger partial charge in [-0.2, -0.15) is 0 Å². The first kappa shape index (κ1) is 22.7. The summed E-state index contributed by atoms with van der Waals surface area (Å²) >= 11 is 0.